The number of benzene rings is 1. The van der Waals surface area contributed by atoms with Crippen molar-refractivity contribution in [3.8, 4) is 0 Å². The van der Waals surface area contributed by atoms with E-state index in [0.717, 1.165) is 19.3 Å². The number of unbranched alkanes of at least 4 members (excludes halogenated alkanes) is 8. The molecule has 3 rings (SSSR count). The van der Waals surface area contributed by atoms with E-state index in [4.69, 9.17) is 0 Å². The molecule has 2 heterocycles. The van der Waals surface area contributed by atoms with Crippen molar-refractivity contribution in [3.05, 3.63) is 29.3 Å². The zero-order valence-electron chi connectivity index (χ0n) is 19.5. The van der Waals surface area contributed by atoms with Gasteiger partial charge >= 0.3 is 6.09 Å². The Kier molecular flexibility index (Phi) is 8.86. The maximum atomic E-state index is 13.0. The maximum Gasteiger partial charge on any atom is 0.411 e. The van der Waals surface area contributed by atoms with E-state index in [-0.39, 0.29) is 31.2 Å². The number of amides is 4. The first-order valence-corrected chi connectivity index (χ1v) is 12.2. The van der Waals surface area contributed by atoms with Crippen molar-refractivity contribution in [2.24, 2.45) is 0 Å². The third-order valence-corrected chi connectivity index (χ3v) is 6.56. The molecule has 2 aliphatic rings. The lowest BCUT2D eigenvalue weighted by atomic mass is 10.0. The molecule has 1 aromatic carbocycles. The van der Waals surface area contributed by atoms with Crippen molar-refractivity contribution < 1.29 is 24.3 Å². The summed E-state index contributed by atoms with van der Waals surface area (Å²) in [6, 6.07) is 4.37. The molecule has 180 valence electrons. The van der Waals surface area contributed by atoms with Gasteiger partial charge in [-0.25, -0.2) is 4.79 Å². The first-order chi connectivity index (χ1) is 15.9. The lowest BCUT2D eigenvalue weighted by molar-refractivity contribution is -0.136. The number of anilines is 1. The van der Waals surface area contributed by atoms with E-state index in [0.29, 0.717) is 23.4 Å². The first-order valence-electron chi connectivity index (χ1n) is 12.2. The number of carbonyl (C=O) groups excluding carboxylic acids is 3. The van der Waals surface area contributed by atoms with Crippen molar-refractivity contribution in [3.63, 3.8) is 0 Å². The highest BCUT2D eigenvalue weighted by molar-refractivity contribution is 6.06. The molecular weight excluding hydrogens is 422 g/mol. The van der Waals surface area contributed by atoms with Gasteiger partial charge in [-0.15, -0.1) is 0 Å². The van der Waals surface area contributed by atoms with Crippen molar-refractivity contribution in [1.82, 2.24) is 10.2 Å². The summed E-state index contributed by atoms with van der Waals surface area (Å²) in [6.07, 6.45) is 9.72. The van der Waals surface area contributed by atoms with Crippen LogP contribution in [-0.4, -0.2) is 46.4 Å². The van der Waals surface area contributed by atoms with Crippen LogP contribution in [0.15, 0.2) is 18.2 Å². The number of nitrogens with zero attached hydrogens (tertiary/aromatic N) is 2. The van der Waals surface area contributed by atoms with Crippen LogP contribution in [-0.2, 0) is 16.1 Å². The van der Waals surface area contributed by atoms with Crippen LogP contribution in [0.5, 0.6) is 0 Å². The van der Waals surface area contributed by atoms with Crippen molar-refractivity contribution in [2.75, 3.05) is 11.4 Å². The van der Waals surface area contributed by atoms with E-state index in [9.17, 15) is 24.3 Å². The largest absolute Gasteiger partial charge is 0.465 e. The highest BCUT2D eigenvalue weighted by atomic mass is 16.4. The maximum absolute atomic E-state index is 13.0. The minimum absolute atomic E-state index is 0.165. The Morgan fingerprint density at radius 3 is 2.36 bits per heavy atom. The molecule has 1 unspecified atom stereocenters. The summed E-state index contributed by atoms with van der Waals surface area (Å²) in [5.74, 6) is -1.10. The fourth-order valence-electron chi connectivity index (χ4n) is 4.72. The third-order valence-electron chi connectivity index (χ3n) is 6.56. The van der Waals surface area contributed by atoms with Gasteiger partial charge in [0.15, 0.2) is 0 Å². The van der Waals surface area contributed by atoms with Gasteiger partial charge in [0, 0.05) is 30.6 Å². The summed E-state index contributed by atoms with van der Waals surface area (Å²) in [4.78, 5) is 51.6. The predicted octanol–water partition coefficient (Wildman–Crippen LogP) is 4.46. The van der Waals surface area contributed by atoms with Gasteiger partial charge in [0.1, 0.15) is 6.04 Å². The Hall–Kier alpha value is -2.90. The van der Waals surface area contributed by atoms with Crippen molar-refractivity contribution in [2.45, 2.75) is 90.1 Å². The highest BCUT2D eigenvalue weighted by Gasteiger charge is 2.40. The minimum atomic E-state index is -1.05. The molecule has 0 bridgehead atoms. The number of hydrogen-bond donors (Lipinski definition) is 2. The standard InChI is InChI=1S/C25H35N3O5/c1-2-3-4-5-6-7-8-9-10-16-27(25(32)33)20-13-11-12-18-19(20)17-28(24(18)31)21-14-15-22(29)26-23(21)30/h11-13,21H,2-10,14-17H2,1H3,(H,32,33)(H,26,29,30). The quantitative estimate of drug-likeness (QED) is 0.356. The van der Waals surface area contributed by atoms with Gasteiger partial charge in [0.25, 0.3) is 5.91 Å². The number of carboxylic acid groups (broad SMARTS) is 1. The predicted molar refractivity (Wildman–Crippen MR) is 125 cm³/mol. The number of nitrogens with one attached hydrogen (secondary N) is 1. The summed E-state index contributed by atoms with van der Waals surface area (Å²) in [5.41, 5.74) is 1.56. The highest BCUT2D eigenvalue weighted by Crippen LogP contribution is 2.34. The zero-order chi connectivity index (χ0) is 23.8. The van der Waals surface area contributed by atoms with Crippen LogP contribution in [0, 0.1) is 0 Å². The van der Waals surface area contributed by atoms with E-state index in [1.165, 1.54) is 48.3 Å². The lowest BCUT2D eigenvalue weighted by Crippen LogP contribution is -2.52. The number of hydrogen-bond acceptors (Lipinski definition) is 4. The fourth-order valence-corrected chi connectivity index (χ4v) is 4.72. The van der Waals surface area contributed by atoms with Crippen molar-refractivity contribution in [1.29, 1.82) is 0 Å². The normalized spacial score (nSPS) is 17.8. The van der Waals surface area contributed by atoms with E-state index in [1.54, 1.807) is 18.2 Å². The molecule has 8 heteroatoms. The summed E-state index contributed by atoms with van der Waals surface area (Å²) < 4.78 is 0. The fraction of sp³-hybridized carbons (Fsp3) is 0.600. The van der Waals surface area contributed by atoms with E-state index >= 15 is 0 Å². The molecule has 2 N–H and O–H groups in total. The van der Waals surface area contributed by atoms with Crippen LogP contribution in [0.2, 0.25) is 0 Å². The number of fused-ring (bicyclic) bond motifs is 1. The summed E-state index contributed by atoms with van der Waals surface area (Å²) in [7, 11) is 0. The van der Waals surface area contributed by atoms with Gasteiger partial charge in [0.2, 0.25) is 11.8 Å². The smallest absolute Gasteiger partial charge is 0.411 e. The lowest BCUT2D eigenvalue weighted by Gasteiger charge is -2.29. The SMILES string of the molecule is CCCCCCCCCCCN(C(=O)O)c1cccc2c1CN(C1CCC(=O)NC1=O)C2=O. The monoisotopic (exact) mass is 457 g/mol. The summed E-state index contributed by atoms with van der Waals surface area (Å²) in [5, 5.41) is 12.2. The van der Waals surface area contributed by atoms with Gasteiger partial charge in [-0.05, 0) is 25.0 Å². The Morgan fingerprint density at radius 1 is 1.06 bits per heavy atom. The average molecular weight is 458 g/mol. The van der Waals surface area contributed by atoms with Crippen LogP contribution in [0.1, 0.15) is 93.5 Å². The van der Waals surface area contributed by atoms with Crippen molar-refractivity contribution >= 4 is 29.5 Å². The first kappa shape index (κ1) is 24.7. The molecule has 1 fully saturated rings. The Balaban J connectivity index is 1.60. The van der Waals surface area contributed by atoms with Crippen LogP contribution >= 0.6 is 0 Å². The Morgan fingerprint density at radius 2 is 1.73 bits per heavy atom. The van der Waals surface area contributed by atoms with Gasteiger partial charge < -0.3 is 10.0 Å². The molecule has 0 aliphatic carbocycles. The van der Waals surface area contributed by atoms with Crippen LogP contribution < -0.4 is 10.2 Å². The van der Waals surface area contributed by atoms with Gasteiger partial charge in [-0.1, -0.05) is 64.4 Å². The number of rotatable bonds is 12. The molecule has 0 spiro atoms. The minimum Gasteiger partial charge on any atom is -0.465 e. The van der Waals surface area contributed by atoms with E-state index in [2.05, 4.69) is 12.2 Å². The number of imide groups is 1. The molecule has 8 nitrogen and oxygen atoms in total. The molecule has 0 aromatic heterocycles. The van der Waals surface area contributed by atoms with E-state index < -0.39 is 18.0 Å². The second-order valence-corrected chi connectivity index (χ2v) is 8.97. The van der Waals surface area contributed by atoms with Crippen LogP contribution in [0.4, 0.5) is 10.5 Å². The summed E-state index contributed by atoms with van der Waals surface area (Å²) in [6.45, 7) is 2.74. The zero-order valence-corrected chi connectivity index (χ0v) is 19.5. The van der Waals surface area contributed by atoms with Crippen LogP contribution in [0.3, 0.4) is 0 Å². The molecule has 4 amide bonds. The molecule has 33 heavy (non-hydrogen) atoms. The Labute approximate surface area is 195 Å². The topological polar surface area (TPSA) is 107 Å². The third kappa shape index (κ3) is 6.12. The Bertz CT molecular complexity index is 885. The van der Waals surface area contributed by atoms with Crippen LogP contribution in [0.25, 0.3) is 0 Å². The molecular formula is C25H35N3O5. The van der Waals surface area contributed by atoms with Gasteiger partial charge in [-0.3, -0.25) is 24.6 Å². The van der Waals surface area contributed by atoms with E-state index in [1.807, 2.05) is 0 Å². The molecule has 0 saturated carbocycles. The summed E-state index contributed by atoms with van der Waals surface area (Å²) >= 11 is 0. The molecule has 2 aliphatic heterocycles. The molecule has 1 aromatic rings. The number of carbonyl (C=O) groups is 4. The second-order valence-electron chi connectivity index (χ2n) is 8.97. The average Bonchev–Trinajstić information content (AvgIpc) is 3.12. The molecule has 0 radical (unpaired) electrons. The molecule has 1 saturated heterocycles. The van der Waals surface area contributed by atoms with Gasteiger partial charge in [-0.2, -0.15) is 0 Å². The van der Waals surface area contributed by atoms with Gasteiger partial charge in [0.05, 0.1) is 5.69 Å². The number of piperidine rings is 1. The molecule has 1 atom stereocenters. The second kappa shape index (κ2) is 11.8.